The minimum Gasteiger partial charge on any atom is -0.357 e. The van der Waals surface area contributed by atoms with E-state index in [-0.39, 0.29) is 18.0 Å². The predicted octanol–water partition coefficient (Wildman–Crippen LogP) is 0.798. The molecule has 128 valence electrons. The number of nitrogens with one attached hydrogen (secondary N) is 3. The molecule has 1 aliphatic rings. The van der Waals surface area contributed by atoms with E-state index in [1.807, 2.05) is 27.7 Å². The molecule has 1 atom stereocenters. The number of hydrogen-bond donors (Lipinski definition) is 3. The van der Waals surface area contributed by atoms with Crippen LogP contribution in [0.1, 0.15) is 40.5 Å². The highest BCUT2D eigenvalue weighted by Gasteiger charge is 2.17. The number of carbonyl (C=O) groups is 1. The molecule has 1 rings (SSSR count). The van der Waals surface area contributed by atoms with Crippen molar-refractivity contribution < 1.29 is 4.79 Å². The van der Waals surface area contributed by atoms with Crippen molar-refractivity contribution in [1.82, 2.24) is 20.9 Å². The largest absolute Gasteiger partial charge is 0.357 e. The Morgan fingerprint density at radius 1 is 1.32 bits per heavy atom. The molecule has 1 amide bonds. The molecule has 0 aromatic rings. The van der Waals surface area contributed by atoms with Gasteiger partial charge in [-0.2, -0.15) is 0 Å². The van der Waals surface area contributed by atoms with E-state index in [0.29, 0.717) is 5.92 Å². The van der Waals surface area contributed by atoms with Crippen LogP contribution in [0.25, 0.3) is 0 Å². The zero-order chi connectivity index (χ0) is 16.6. The standard InChI is InChI=1S/C16H33N5O/c1-6-17-15(19-11-14(22)20-16(2,3)4)18-10-13-8-7-9-21(5)12-13/h13H,6-12H2,1-5H3,(H,20,22)(H2,17,18,19). The Labute approximate surface area is 135 Å². The van der Waals surface area contributed by atoms with Crippen molar-refractivity contribution in [3.63, 3.8) is 0 Å². The number of nitrogens with zero attached hydrogens (tertiary/aromatic N) is 2. The molecule has 1 aliphatic heterocycles. The molecule has 3 N–H and O–H groups in total. The number of likely N-dealkylation sites (tertiary alicyclic amines) is 1. The van der Waals surface area contributed by atoms with E-state index in [2.05, 4.69) is 32.9 Å². The number of rotatable bonds is 5. The van der Waals surface area contributed by atoms with Gasteiger partial charge in [0.25, 0.3) is 0 Å². The highest BCUT2D eigenvalue weighted by atomic mass is 16.2. The van der Waals surface area contributed by atoms with Gasteiger partial charge < -0.3 is 20.9 Å². The predicted molar refractivity (Wildman–Crippen MR) is 92.1 cm³/mol. The first kappa shape index (κ1) is 18.7. The van der Waals surface area contributed by atoms with Crippen molar-refractivity contribution in [1.29, 1.82) is 0 Å². The molecule has 6 heteroatoms. The molecule has 0 saturated carbocycles. The second-order valence-corrected chi connectivity index (χ2v) is 7.14. The minimum absolute atomic E-state index is 0.0536. The lowest BCUT2D eigenvalue weighted by atomic mass is 9.99. The molecule has 1 saturated heterocycles. The SMILES string of the molecule is CCNC(=NCC(=O)NC(C)(C)C)NCC1CCCN(C)C1. The lowest BCUT2D eigenvalue weighted by Crippen LogP contribution is -2.45. The summed E-state index contributed by atoms with van der Waals surface area (Å²) in [6.45, 7) is 12.1. The normalized spacial score (nSPS) is 20.6. The van der Waals surface area contributed by atoms with Crippen LogP contribution >= 0.6 is 0 Å². The van der Waals surface area contributed by atoms with Crippen LogP contribution < -0.4 is 16.0 Å². The Balaban J connectivity index is 2.43. The summed E-state index contributed by atoms with van der Waals surface area (Å²) in [4.78, 5) is 18.6. The van der Waals surface area contributed by atoms with E-state index in [1.54, 1.807) is 0 Å². The molecular formula is C16H33N5O. The van der Waals surface area contributed by atoms with E-state index < -0.39 is 0 Å². The van der Waals surface area contributed by atoms with Crippen molar-refractivity contribution in [2.24, 2.45) is 10.9 Å². The Hall–Kier alpha value is -1.30. The van der Waals surface area contributed by atoms with Crippen molar-refractivity contribution >= 4 is 11.9 Å². The fraction of sp³-hybridized carbons (Fsp3) is 0.875. The monoisotopic (exact) mass is 311 g/mol. The Morgan fingerprint density at radius 2 is 2.05 bits per heavy atom. The lowest BCUT2D eigenvalue weighted by Gasteiger charge is -2.30. The lowest BCUT2D eigenvalue weighted by molar-refractivity contribution is -0.121. The van der Waals surface area contributed by atoms with Crippen LogP contribution in [0.2, 0.25) is 0 Å². The number of hydrogen-bond acceptors (Lipinski definition) is 3. The van der Waals surface area contributed by atoms with Crippen molar-refractivity contribution in [3.05, 3.63) is 0 Å². The van der Waals surface area contributed by atoms with Gasteiger partial charge in [-0.05, 0) is 60.0 Å². The summed E-state index contributed by atoms with van der Waals surface area (Å²) < 4.78 is 0. The van der Waals surface area contributed by atoms with Gasteiger partial charge in [-0.25, -0.2) is 4.99 Å². The zero-order valence-corrected chi connectivity index (χ0v) is 14.8. The molecule has 1 fully saturated rings. The second-order valence-electron chi connectivity index (χ2n) is 7.14. The first-order valence-corrected chi connectivity index (χ1v) is 8.32. The van der Waals surface area contributed by atoms with E-state index in [0.717, 1.165) is 25.6 Å². The van der Waals surface area contributed by atoms with Gasteiger partial charge in [-0.1, -0.05) is 0 Å². The maximum atomic E-state index is 11.8. The minimum atomic E-state index is -0.217. The first-order chi connectivity index (χ1) is 10.3. The highest BCUT2D eigenvalue weighted by Crippen LogP contribution is 2.13. The average Bonchev–Trinajstić information content (AvgIpc) is 2.40. The molecular weight excluding hydrogens is 278 g/mol. The van der Waals surface area contributed by atoms with Crippen LogP contribution in [0.3, 0.4) is 0 Å². The average molecular weight is 311 g/mol. The maximum absolute atomic E-state index is 11.8. The van der Waals surface area contributed by atoms with Crippen molar-refractivity contribution in [2.45, 2.75) is 46.1 Å². The molecule has 1 unspecified atom stereocenters. The topological polar surface area (TPSA) is 68.8 Å². The van der Waals surface area contributed by atoms with Crippen LogP contribution in [0.5, 0.6) is 0 Å². The third-order valence-corrected chi connectivity index (χ3v) is 3.52. The van der Waals surface area contributed by atoms with E-state index >= 15 is 0 Å². The van der Waals surface area contributed by atoms with Crippen LogP contribution in [0.15, 0.2) is 4.99 Å². The van der Waals surface area contributed by atoms with Crippen LogP contribution in [-0.4, -0.2) is 62.1 Å². The smallest absolute Gasteiger partial charge is 0.242 e. The van der Waals surface area contributed by atoms with Gasteiger partial charge >= 0.3 is 0 Å². The van der Waals surface area contributed by atoms with Crippen LogP contribution in [0.4, 0.5) is 0 Å². The number of amides is 1. The van der Waals surface area contributed by atoms with Gasteiger partial charge in [0.2, 0.25) is 5.91 Å². The van der Waals surface area contributed by atoms with E-state index in [9.17, 15) is 4.79 Å². The van der Waals surface area contributed by atoms with E-state index in [4.69, 9.17) is 0 Å². The second kappa shape index (κ2) is 8.98. The summed E-state index contributed by atoms with van der Waals surface area (Å²) in [6, 6.07) is 0. The van der Waals surface area contributed by atoms with Crippen LogP contribution in [0, 0.1) is 5.92 Å². The van der Waals surface area contributed by atoms with Gasteiger partial charge in [0.15, 0.2) is 5.96 Å². The molecule has 0 radical (unpaired) electrons. The van der Waals surface area contributed by atoms with Crippen molar-refractivity contribution in [2.75, 3.05) is 39.8 Å². The molecule has 0 aromatic carbocycles. The first-order valence-electron chi connectivity index (χ1n) is 8.32. The molecule has 0 aliphatic carbocycles. The Kier molecular flexibility index (Phi) is 7.65. The van der Waals surface area contributed by atoms with E-state index in [1.165, 1.54) is 19.4 Å². The quantitative estimate of drug-likeness (QED) is 0.519. The third kappa shape index (κ3) is 8.22. The molecule has 0 bridgehead atoms. The third-order valence-electron chi connectivity index (χ3n) is 3.52. The maximum Gasteiger partial charge on any atom is 0.242 e. The van der Waals surface area contributed by atoms with Gasteiger partial charge in [0.1, 0.15) is 6.54 Å². The van der Waals surface area contributed by atoms with Gasteiger partial charge in [-0.3, -0.25) is 4.79 Å². The summed E-state index contributed by atoms with van der Waals surface area (Å²) in [6.07, 6.45) is 2.51. The summed E-state index contributed by atoms with van der Waals surface area (Å²) in [5, 5.41) is 9.48. The summed E-state index contributed by atoms with van der Waals surface area (Å²) in [7, 11) is 2.17. The Bertz CT molecular complexity index is 375. The fourth-order valence-electron chi connectivity index (χ4n) is 2.63. The molecule has 0 spiro atoms. The molecule has 6 nitrogen and oxygen atoms in total. The molecule has 1 heterocycles. The van der Waals surface area contributed by atoms with Gasteiger partial charge in [0, 0.05) is 25.2 Å². The van der Waals surface area contributed by atoms with Gasteiger partial charge in [0.05, 0.1) is 0 Å². The number of carbonyl (C=O) groups excluding carboxylic acids is 1. The molecule has 22 heavy (non-hydrogen) atoms. The number of aliphatic imine (C=N–C) groups is 1. The van der Waals surface area contributed by atoms with Crippen LogP contribution in [-0.2, 0) is 4.79 Å². The van der Waals surface area contributed by atoms with Crippen molar-refractivity contribution in [3.8, 4) is 0 Å². The number of piperidine rings is 1. The Morgan fingerprint density at radius 3 is 2.64 bits per heavy atom. The zero-order valence-electron chi connectivity index (χ0n) is 14.8. The van der Waals surface area contributed by atoms with Gasteiger partial charge in [-0.15, -0.1) is 0 Å². The summed E-state index contributed by atoms with van der Waals surface area (Å²) in [5.74, 6) is 1.31. The summed E-state index contributed by atoms with van der Waals surface area (Å²) >= 11 is 0. The fourth-order valence-corrected chi connectivity index (χ4v) is 2.63. The summed E-state index contributed by atoms with van der Waals surface area (Å²) in [5.41, 5.74) is -0.217. The number of guanidine groups is 1. The molecule has 0 aromatic heterocycles. The highest BCUT2D eigenvalue weighted by molar-refractivity contribution is 5.85.